The van der Waals surface area contributed by atoms with Crippen LogP contribution in [0.1, 0.15) is 15.9 Å². The first-order chi connectivity index (χ1) is 14.7. The van der Waals surface area contributed by atoms with E-state index >= 15 is 0 Å². The van der Waals surface area contributed by atoms with Gasteiger partial charge in [0.25, 0.3) is 11.8 Å². The van der Waals surface area contributed by atoms with Gasteiger partial charge in [-0.25, -0.2) is 0 Å². The van der Waals surface area contributed by atoms with Gasteiger partial charge in [-0.1, -0.05) is 18.2 Å². The van der Waals surface area contributed by atoms with Crippen LogP contribution in [0.2, 0.25) is 0 Å². The average Bonchev–Trinajstić information content (AvgIpc) is 2.76. The van der Waals surface area contributed by atoms with E-state index in [1.165, 1.54) is 11.0 Å². The number of carbonyl (C=O) groups excluding carboxylic acids is 2. The summed E-state index contributed by atoms with van der Waals surface area (Å²) >= 11 is 0. The Bertz CT molecular complexity index is 939. The molecule has 1 saturated heterocycles. The number of anilines is 1. The number of ether oxygens (including phenoxy) is 1. The van der Waals surface area contributed by atoms with E-state index in [1.807, 2.05) is 4.90 Å². The van der Waals surface area contributed by atoms with Gasteiger partial charge >= 0.3 is 6.18 Å². The summed E-state index contributed by atoms with van der Waals surface area (Å²) < 4.78 is 44.5. The molecule has 0 bridgehead atoms. The number of rotatable bonds is 5. The van der Waals surface area contributed by atoms with Gasteiger partial charge in [0.15, 0.2) is 6.61 Å². The van der Waals surface area contributed by atoms with Gasteiger partial charge in [-0.05, 0) is 30.3 Å². The molecule has 166 valence electrons. The van der Waals surface area contributed by atoms with Crippen LogP contribution in [0.5, 0.6) is 5.75 Å². The van der Waals surface area contributed by atoms with Gasteiger partial charge in [-0.3, -0.25) is 9.59 Å². The molecule has 2 aromatic rings. The van der Waals surface area contributed by atoms with E-state index < -0.39 is 11.7 Å². The van der Waals surface area contributed by atoms with Gasteiger partial charge in [-0.15, -0.1) is 0 Å². The summed E-state index contributed by atoms with van der Waals surface area (Å²) in [5.74, 6) is -0.142. The van der Waals surface area contributed by atoms with Crippen molar-refractivity contribution >= 4 is 17.5 Å². The molecule has 2 amide bonds. The molecular formula is C22H24F3N3O3. The second-order valence-corrected chi connectivity index (χ2v) is 7.40. The molecule has 0 aliphatic carbocycles. The van der Waals surface area contributed by atoms with Crippen LogP contribution in [-0.4, -0.2) is 68.5 Å². The van der Waals surface area contributed by atoms with Gasteiger partial charge in [0.05, 0.1) is 11.1 Å². The van der Waals surface area contributed by atoms with Crippen molar-refractivity contribution in [3.05, 3.63) is 59.7 Å². The van der Waals surface area contributed by atoms with Crippen LogP contribution >= 0.6 is 0 Å². The number of benzene rings is 2. The molecule has 31 heavy (non-hydrogen) atoms. The standard InChI is InChI=1S/C22H24F3N3O3/c1-26(2)20(29)15-31-19-9-4-3-8-18(19)21(30)28-12-10-27(11-13-28)17-7-5-6-16(14-17)22(23,24)25/h3-9,14H,10-13,15H2,1-2H3. The summed E-state index contributed by atoms with van der Waals surface area (Å²) in [5.41, 5.74) is 0.135. The van der Waals surface area contributed by atoms with E-state index in [4.69, 9.17) is 4.74 Å². The molecule has 3 rings (SSSR count). The Hall–Kier alpha value is -3.23. The lowest BCUT2D eigenvalue weighted by molar-refractivity contribution is -0.137. The zero-order chi connectivity index (χ0) is 22.6. The Morgan fingerprint density at radius 1 is 1.00 bits per heavy atom. The van der Waals surface area contributed by atoms with Crippen molar-refractivity contribution in [2.45, 2.75) is 6.18 Å². The summed E-state index contributed by atoms with van der Waals surface area (Å²) in [4.78, 5) is 29.7. The Kier molecular flexibility index (Phi) is 6.72. The smallest absolute Gasteiger partial charge is 0.416 e. The lowest BCUT2D eigenvalue weighted by atomic mass is 10.1. The van der Waals surface area contributed by atoms with E-state index in [0.717, 1.165) is 12.1 Å². The van der Waals surface area contributed by atoms with Gasteiger partial charge < -0.3 is 19.4 Å². The highest BCUT2D eigenvalue weighted by Crippen LogP contribution is 2.32. The van der Waals surface area contributed by atoms with Crippen LogP contribution in [0.15, 0.2) is 48.5 Å². The number of alkyl halides is 3. The highest BCUT2D eigenvalue weighted by Gasteiger charge is 2.31. The fourth-order valence-corrected chi connectivity index (χ4v) is 3.25. The Morgan fingerprint density at radius 2 is 1.68 bits per heavy atom. The maximum atomic E-state index is 13.0. The van der Waals surface area contributed by atoms with Crippen LogP contribution in [-0.2, 0) is 11.0 Å². The van der Waals surface area contributed by atoms with Crippen LogP contribution in [0, 0.1) is 0 Å². The highest BCUT2D eigenvalue weighted by atomic mass is 19.4. The van der Waals surface area contributed by atoms with Crippen LogP contribution in [0.3, 0.4) is 0 Å². The molecule has 9 heteroatoms. The molecule has 0 aromatic heterocycles. The Morgan fingerprint density at radius 3 is 2.32 bits per heavy atom. The quantitative estimate of drug-likeness (QED) is 0.724. The third-order valence-corrected chi connectivity index (χ3v) is 5.07. The van der Waals surface area contributed by atoms with Crippen molar-refractivity contribution in [1.82, 2.24) is 9.80 Å². The maximum Gasteiger partial charge on any atom is 0.416 e. The summed E-state index contributed by atoms with van der Waals surface area (Å²) in [6, 6.07) is 11.9. The molecule has 0 unspecified atom stereocenters. The molecule has 6 nitrogen and oxygen atoms in total. The molecule has 2 aromatic carbocycles. The number of nitrogens with zero attached hydrogens (tertiary/aromatic N) is 3. The van der Waals surface area contributed by atoms with Crippen molar-refractivity contribution in [2.24, 2.45) is 0 Å². The van der Waals surface area contributed by atoms with Crippen molar-refractivity contribution in [3.63, 3.8) is 0 Å². The van der Waals surface area contributed by atoms with Crippen LogP contribution < -0.4 is 9.64 Å². The minimum Gasteiger partial charge on any atom is -0.483 e. The number of likely N-dealkylation sites (N-methyl/N-ethyl adjacent to an activating group) is 1. The second-order valence-electron chi connectivity index (χ2n) is 7.40. The topological polar surface area (TPSA) is 53.1 Å². The normalized spacial score (nSPS) is 14.4. The minimum atomic E-state index is -4.40. The fourth-order valence-electron chi connectivity index (χ4n) is 3.25. The number of para-hydroxylation sites is 1. The molecule has 1 fully saturated rings. The Balaban J connectivity index is 1.65. The predicted octanol–water partition coefficient (Wildman–Crippen LogP) is 3.13. The van der Waals surface area contributed by atoms with E-state index in [2.05, 4.69) is 0 Å². The van der Waals surface area contributed by atoms with Crippen LogP contribution in [0.25, 0.3) is 0 Å². The molecule has 0 saturated carbocycles. The molecule has 0 N–H and O–H groups in total. The molecule has 0 radical (unpaired) electrons. The first-order valence-corrected chi connectivity index (χ1v) is 9.80. The van der Waals surface area contributed by atoms with Crippen molar-refractivity contribution in [1.29, 1.82) is 0 Å². The van der Waals surface area contributed by atoms with Crippen LogP contribution in [0.4, 0.5) is 18.9 Å². The molecule has 1 heterocycles. The minimum absolute atomic E-state index is 0.180. The number of piperazine rings is 1. The molecule has 0 atom stereocenters. The molecule has 1 aliphatic heterocycles. The molecule has 1 aliphatic rings. The van der Waals surface area contributed by atoms with Gasteiger partial charge in [0.1, 0.15) is 5.75 Å². The number of amides is 2. The van der Waals surface area contributed by atoms with E-state index in [-0.39, 0.29) is 18.4 Å². The largest absolute Gasteiger partial charge is 0.483 e. The van der Waals surface area contributed by atoms with Gasteiger partial charge in [0.2, 0.25) is 0 Å². The zero-order valence-electron chi connectivity index (χ0n) is 17.4. The van der Waals surface area contributed by atoms with E-state index in [1.54, 1.807) is 49.3 Å². The van der Waals surface area contributed by atoms with Gasteiger partial charge in [0, 0.05) is 46.0 Å². The number of carbonyl (C=O) groups is 2. The first kappa shape index (κ1) is 22.5. The van der Waals surface area contributed by atoms with Crippen molar-refractivity contribution in [2.75, 3.05) is 51.8 Å². The first-order valence-electron chi connectivity index (χ1n) is 9.80. The number of hydrogen-bond donors (Lipinski definition) is 0. The fraction of sp³-hybridized carbons (Fsp3) is 0.364. The summed E-state index contributed by atoms with van der Waals surface area (Å²) in [5, 5.41) is 0. The molecule has 0 spiro atoms. The van der Waals surface area contributed by atoms with Crippen molar-refractivity contribution < 1.29 is 27.5 Å². The van der Waals surface area contributed by atoms with E-state index in [9.17, 15) is 22.8 Å². The average molecular weight is 435 g/mol. The third-order valence-electron chi connectivity index (χ3n) is 5.07. The van der Waals surface area contributed by atoms with Crippen molar-refractivity contribution in [3.8, 4) is 5.75 Å². The summed E-state index contributed by atoms with van der Waals surface area (Å²) in [6.07, 6.45) is -4.40. The lowest BCUT2D eigenvalue weighted by Crippen LogP contribution is -2.49. The highest BCUT2D eigenvalue weighted by molar-refractivity contribution is 5.97. The predicted molar refractivity (Wildman–Crippen MR) is 110 cm³/mol. The maximum absolute atomic E-state index is 13.0. The second kappa shape index (κ2) is 9.28. The Labute approximate surface area is 178 Å². The summed E-state index contributed by atoms with van der Waals surface area (Å²) in [6.45, 7) is 1.37. The zero-order valence-corrected chi connectivity index (χ0v) is 17.4. The SMILES string of the molecule is CN(C)C(=O)COc1ccccc1C(=O)N1CCN(c2cccc(C(F)(F)F)c2)CC1. The summed E-state index contributed by atoms with van der Waals surface area (Å²) in [7, 11) is 3.24. The van der Waals surface area contributed by atoms with E-state index in [0.29, 0.717) is 43.2 Å². The number of hydrogen-bond acceptors (Lipinski definition) is 4. The lowest BCUT2D eigenvalue weighted by Gasteiger charge is -2.36. The molecular weight excluding hydrogens is 411 g/mol. The third kappa shape index (κ3) is 5.48. The number of halogens is 3. The van der Waals surface area contributed by atoms with Gasteiger partial charge in [-0.2, -0.15) is 13.2 Å². The monoisotopic (exact) mass is 435 g/mol.